The molecule has 1 aliphatic carbocycles. The van der Waals surface area contributed by atoms with Crippen LogP contribution in [0.2, 0.25) is 0 Å². The van der Waals surface area contributed by atoms with Crippen molar-refractivity contribution in [3.8, 4) is 0 Å². The van der Waals surface area contributed by atoms with Gasteiger partial charge in [0.15, 0.2) is 0 Å². The standard InChI is InChI=1S/C25H42F3NO/c1-18(2)22(6)30-15-14-29-21(5)12-10-9-11-13-25(27,28)20(4)17-24(26)16-19(3)23(24,7)8/h19-20,29H,1,5-6,9-17H2,2-4,7-8H3. The molecule has 5 heteroatoms. The Morgan fingerprint density at radius 2 is 1.83 bits per heavy atom. The summed E-state index contributed by atoms with van der Waals surface area (Å²) in [5, 5.41) is 3.17. The van der Waals surface area contributed by atoms with Crippen LogP contribution in [0.3, 0.4) is 0 Å². The fourth-order valence-electron chi connectivity index (χ4n) is 4.03. The van der Waals surface area contributed by atoms with Crippen molar-refractivity contribution in [2.24, 2.45) is 17.3 Å². The van der Waals surface area contributed by atoms with Gasteiger partial charge in [0.05, 0.1) is 0 Å². The molecule has 0 aromatic carbocycles. The minimum absolute atomic E-state index is 0.0576. The van der Waals surface area contributed by atoms with Crippen LogP contribution in [0.5, 0.6) is 0 Å². The van der Waals surface area contributed by atoms with E-state index >= 15 is 4.39 Å². The van der Waals surface area contributed by atoms with Crippen LogP contribution in [0.25, 0.3) is 0 Å². The van der Waals surface area contributed by atoms with Gasteiger partial charge in [-0.2, -0.15) is 0 Å². The molecule has 3 atom stereocenters. The third kappa shape index (κ3) is 7.09. The molecule has 0 saturated heterocycles. The average Bonchev–Trinajstić information content (AvgIpc) is 2.64. The van der Waals surface area contributed by atoms with Crippen molar-refractivity contribution >= 4 is 0 Å². The van der Waals surface area contributed by atoms with Gasteiger partial charge in [0.2, 0.25) is 0 Å². The topological polar surface area (TPSA) is 21.3 Å². The maximum atomic E-state index is 15.1. The molecule has 0 bridgehead atoms. The molecule has 0 radical (unpaired) electrons. The highest BCUT2D eigenvalue weighted by Gasteiger charge is 2.60. The molecule has 1 rings (SSSR count). The van der Waals surface area contributed by atoms with Crippen LogP contribution >= 0.6 is 0 Å². The lowest BCUT2D eigenvalue weighted by molar-refractivity contribution is -0.168. The zero-order valence-corrected chi connectivity index (χ0v) is 19.7. The smallest absolute Gasteiger partial charge is 0.250 e. The van der Waals surface area contributed by atoms with Gasteiger partial charge in [-0.25, -0.2) is 13.2 Å². The highest BCUT2D eigenvalue weighted by atomic mass is 19.3. The van der Waals surface area contributed by atoms with E-state index in [1.165, 1.54) is 6.92 Å². The molecule has 0 aliphatic heterocycles. The van der Waals surface area contributed by atoms with Crippen LogP contribution in [-0.4, -0.2) is 24.7 Å². The van der Waals surface area contributed by atoms with E-state index in [9.17, 15) is 8.78 Å². The Labute approximate surface area is 182 Å². The summed E-state index contributed by atoms with van der Waals surface area (Å²) in [6.07, 6.45) is 2.83. The van der Waals surface area contributed by atoms with E-state index < -0.39 is 22.9 Å². The number of hydrogen-bond donors (Lipinski definition) is 1. The summed E-state index contributed by atoms with van der Waals surface area (Å²) in [7, 11) is 0. The second kappa shape index (κ2) is 10.8. The van der Waals surface area contributed by atoms with Gasteiger partial charge < -0.3 is 10.1 Å². The fourth-order valence-corrected chi connectivity index (χ4v) is 4.03. The summed E-state index contributed by atoms with van der Waals surface area (Å²) in [6.45, 7) is 21.6. The molecule has 1 N–H and O–H groups in total. The Morgan fingerprint density at radius 3 is 2.37 bits per heavy atom. The second-order valence-electron chi connectivity index (χ2n) is 9.80. The van der Waals surface area contributed by atoms with E-state index in [1.807, 2.05) is 27.7 Å². The largest absolute Gasteiger partial charge is 0.492 e. The van der Waals surface area contributed by atoms with Gasteiger partial charge in [0.1, 0.15) is 18.0 Å². The fraction of sp³-hybridized carbons (Fsp3) is 0.760. The van der Waals surface area contributed by atoms with E-state index in [1.54, 1.807) is 0 Å². The molecule has 0 aromatic heterocycles. The van der Waals surface area contributed by atoms with Gasteiger partial charge in [0.25, 0.3) is 5.92 Å². The second-order valence-corrected chi connectivity index (χ2v) is 9.80. The number of unbranched alkanes of at least 4 members (excludes halogenated alkanes) is 2. The Bertz CT molecular complexity index is 614. The molecule has 174 valence electrons. The summed E-state index contributed by atoms with van der Waals surface area (Å²) in [5.41, 5.74) is -0.319. The van der Waals surface area contributed by atoms with Crippen molar-refractivity contribution in [3.63, 3.8) is 0 Å². The SMILES string of the molecule is C=C(CCCCCC(F)(F)C(C)CC1(F)CC(C)C1(C)C)NCCOC(=C)C(=C)C. The van der Waals surface area contributed by atoms with Crippen molar-refractivity contribution < 1.29 is 17.9 Å². The van der Waals surface area contributed by atoms with Crippen molar-refractivity contribution in [1.29, 1.82) is 0 Å². The third-order valence-electron chi connectivity index (χ3n) is 7.09. The maximum absolute atomic E-state index is 15.1. The van der Waals surface area contributed by atoms with Gasteiger partial charge in [-0.1, -0.05) is 53.9 Å². The van der Waals surface area contributed by atoms with Crippen molar-refractivity contribution in [2.75, 3.05) is 13.2 Å². The van der Waals surface area contributed by atoms with E-state index in [2.05, 4.69) is 25.1 Å². The van der Waals surface area contributed by atoms with Crippen LogP contribution in [0.15, 0.2) is 36.8 Å². The first-order chi connectivity index (χ1) is 13.7. The molecule has 1 aliphatic rings. The third-order valence-corrected chi connectivity index (χ3v) is 7.09. The van der Waals surface area contributed by atoms with E-state index in [-0.39, 0.29) is 18.8 Å². The molecule has 30 heavy (non-hydrogen) atoms. The Morgan fingerprint density at radius 1 is 1.20 bits per heavy atom. The lowest BCUT2D eigenvalue weighted by atomic mass is 9.51. The molecule has 1 fully saturated rings. The van der Waals surface area contributed by atoms with Crippen LogP contribution in [0.4, 0.5) is 13.2 Å². The highest BCUT2D eigenvalue weighted by molar-refractivity contribution is 5.15. The summed E-state index contributed by atoms with van der Waals surface area (Å²) >= 11 is 0. The van der Waals surface area contributed by atoms with Crippen molar-refractivity contribution in [2.45, 2.75) is 91.2 Å². The van der Waals surface area contributed by atoms with Crippen LogP contribution < -0.4 is 5.32 Å². The van der Waals surface area contributed by atoms with Crippen LogP contribution in [0.1, 0.15) is 79.6 Å². The van der Waals surface area contributed by atoms with Gasteiger partial charge in [-0.15, -0.1) is 0 Å². The Hall–Kier alpha value is -1.39. The predicted molar refractivity (Wildman–Crippen MR) is 120 cm³/mol. The molecule has 1 saturated carbocycles. The minimum atomic E-state index is -2.83. The van der Waals surface area contributed by atoms with Crippen molar-refractivity contribution in [1.82, 2.24) is 5.32 Å². The number of halogens is 3. The number of hydrogen-bond acceptors (Lipinski definition) is 2. The highest BCUT2D eigenvalue weighted by Crippen LogP contribution is 2.60. The summed E-state index contributed by atoms with van der Waals surface area (Å²) < 4.78 is 49.6. The van der Waals surface area contributed by atoms with Gasteiger partial charge in [-0.3, -0.25) is 0 Å². The number of nitrogens with one attached hydrogen (secondary N) is 1. The zero-order chi connectivity index (χ0) is 23.2. The Balaban J connectivity index is 2.21. The van der Waals surface area contributed by atoms with Gasteiger partial charge >= 0.3 is 0 Å². The van der Waals surface area contributed by atoms with E-state index in [4.69, 9.17) is 4.74 Å². The first-order valence-corrected chi connectivity index (χ1v) is 11.2. The monoisotopic (exact) mass is 429 g/mol. The lowest BCUT2D eigenvalue weighted by Crippen LogP contribution is -2.58. The van der Waals surface area contributed by atoms with E-state index in [0.29, 0.717) is 38.2 Å². The molecule has 3 unspecified atom stereocenters. The zero-order valence-electron chi connectivity index (χ0n) is 19.7. The first-order valence-electron chi connectivity index (χ1n) is 11.2. The summed E-state index contributed by atoms with van der Waals surface area (Å²) in [4.78, 5) is 0. The quantitative estimate of drug-likeness (QED) is 0.164. The van der Waals surface area contributed by atoms with Gasteiger partial charge in [-0.05, 0) is 50.5 Å². The average molecular weight is 430 g/mol. The normalized spacial score (nSPS) is 23.9. The summed E-state index contributed by atoms with van der Waals surface area (Å²) in [5.74, 6) is -2.96. The molecule has 2 nitrogen and oxygen atoms in total. The number of rotatable bonds is 15. The number of alkyl halides is 3. The molecule has 0 aromatic rings. The first kappa shape index (κ1) is 26.6. The predicted octanol–water partition coefficient (Wildman–Crippen LogP) is 7.58. The van der Waals surface area contributed by atoms with Crippen LogP contribution in [-0.2, 0) is 4.74 Å². The number of allylic oxidation sites excluding steroid dienone is 2. The molecular formula is C25H42F3NO. The molecule has 0 heterocycles. The molecule has 0 spiro atoms. The minimum Gasteiger partial charge on any atom is -0.492 e. The van der Waals surface area contributed by atoms with Crippen LogP contribution in [0, 0.1) is 17.3 Å². The Kier molecular flexibility index (Phi) is 9.56. The molecular weight excluding hydrogens is 387 g/mol. The maximum Gasteiger partial charge on any atom is 0.250 e. The van der Waals surface area contributed by atoms with Gasteiger partial charge in [0, 0.05) is 30.0 Å². The summed E-state index contributed by atoms with van der Waals surface area (Å²) in [6, 6.07) is 0. The number of ether oxygens (including phenoxy) is 1. The molecule has 0 amide bonds. The van der Waals surface area contributed by atoms with Crippen molar-refractivity contribution in [3.05, 3.63) is 36.8 Å². The van der Waals surface area contributed by atoms with E-state index in [0.717, 1.165) is 24.1 Å². The lowest BCUT2D eigenvalue weighted by Gasteiger charge is -2.57.